The molecule has 4 bridgehead atoms. The van der Waals surface area contributed by atoms with Crippen molar-refractivity contribution >= 4 is 17.4 Å². The van der Waals surface area contributed by atoms with E-state index in [1.165, 1.54) is 6.42 Å². The van der Waals surface area contributed by atoms with Gasteiger partial charge in [-0.3, -0.25) is 10.1 Å². The Morgan fingerprint density at radius 3 is 2.74 bits per heavy atom. The Balaban J connectivity index is 1.59. The molecular formula is C14H15NO3S. The summed E-state index contributed by atoms with van der Waals surface area (Å²) in [6, 6.07) is 7.08. The Labute approximate surface area is 115 Å². The van der Waals surface area contributed by atoms with Crippen LogP contribution in [0.25, 0.3) is 0 Å². The number of ether oxygens (including phenoxy) is 1. The minimum Gasteiger partial charge on any atom is -0.381 e. The van der Waals surface area contributed by atoms with Crippen molar-refractivity contribution in [1.82, 2.24) is 0 Å². The molecule has 1 aromatic carbocycles. The summed E-state index contributed by atoms with van der Waals surface area (Å²) in [5.74, 6) is 2.89. The summed E-state index contributed by atoms with van der Waals surface area (Å²) in [6.07, 6.45) is 1.65. The van der Waals surface area contributed by atoms with Gasteiger partial charge < -0.3 is 4.74 Å². The number of nitrogens with zero attached hydrogens (tertiary/aromatic N) is 1. The van der Waals surface area contributed by atoms with E-state index < -0.39 is 0 Å². The SMILES string of the molecule is CO[C@@H]1C2C3[C@@H]2C[C@@H]1[C@@H]3Sc1ccccc1[N+](=O)[O-]. The zero-order chi connectivity index (χ0) is 13.1. The summed E-state index contributed by atoms with van der Waals surface area (Å²) >= 11 is 1.70. The van der Waals surface area contributed by atoms with Crippen molar-refractivity contribution in [2.45, 2.75) is 22.7 Å². The van der Waals surface area contributed by atoms with Gasteiger partial charge in [0.1, 0.15) is 0 Å². The van der Waals surface area contributed by atoms with E-state index in [4.69, 9.17) is 4.74 Å². The maximum Gasteiger partial charge on any atom is 0.282 e. The van der Waals surface area contributed by atoms with E-state index in [1.54, 1.807) is 31.0 Å². The molecule has 4 aliphatic carbocycles. The Morgan fingerprint density at radius 2 is 2.11 bits per heavy atom. The van der Waals surface area contributed by atoms with Gasteiger partial charge in [-0.25, -0.2) is 0 Å². The second kappa shape index (κ2) is 3.96. The summed E-state index contributed by atoms with van der Waals surface area (Å²) in [4.78, 5) is 11.6. The molecule has 0 aliphatic heterocycles. The summed E-state index contributed by atoms with van der Waals surface area (Å²) in [5, 5.41) is 11.6. The third-order valence-electron chi connectivity index (χ3n) is 5.04. The molecule has 5 rings (SSSR count). The van der Waals surface area contributed by atoms with Crippen LogP contribution in [0.5, 0.6) is 0 Å². The van der Waals surface area contributed by atoms with Gasteiger partial charge in [-0.05, 0) is 36.2 Å². The maximum atomic E-state index is 11.1. The number of methoxy groups -OCH3 is 1. The van der Waals surface area contributed by atoms with Crippen molar-refractivity contribution in [3.05, 3.63) is 34.4 Å². The van der Waals surface area contributed by atoms with Gasteiger partial charge in [0.2, 0.25) is 0 Å². The quantitative estimate of drug-likeness (QED) is 0.627. The summed E-state index contributed by atoms with van der Waals surface area (Å²) in [6.45, 7) is 0. The second-order valence-corrected chi connectivity index (χ2v) is 6.95. The van der Waals surface area contributed by atoms with Gasteiger partial charge in [-0.1, -0.05) is 12.1 Å². The van der Waals surface area contributed by atoms with Crippen LogP contribution in [0.2, 0.25) is 0 Å². The first kappa shape index (κ1) is 11.7. The Morgan fingerprint density at radius 1 is 1.32 bits per heavy atom. The highest BCUT2D eigenvalue weighted by Crippen LogP contribution is 2.74. The molecule has 1 aromatic rings. The van der Waals surface area contributed by atoms with Crippen LogP contribution in [0.3, 0.4) is 0 Å². The lowest BCUT2D eigenvalue weighted by molar-refractivity contribution is -0.387. The molecule has 0 heterocycles. The van der Waals surface area contributed by atoms with Gasteiger partial charge in [-0.15, -0.1) is 11.8 Å². The van der Waals surface area contributed by atoms with Gasteiger partial charge in [0.15, 0.2) is 0 Å². The van der Waals surface area contributed by atoms with Crippen molar-refractivity contribution in [2.24, 2.45) is 23.7 Å². The summed E-state index contributed by atoms with van der Waals surface area (Å²) in [5.41, 5.74) is 0.239. The van der Waals surface area contributed by atoms with Gasteiger partial charge in [0.05, 0.1) is 15.9 Å². The lowest BCUT2D eigenvalue weighted by Crippen LogP contribution is -2.20. The van der Waals surface area contributed by atoms with Gasteiger partial charge in [0, 0.05) is 18.4 Å². The monoisotopic (exact) mass is 277 g/mol. The minimum atomic E-state index is -0.278. The number of nitro benzene ring substituents is 1. The molecule has 100 valence electrons. The maximum absolute atomic E-state index is 11.1. The van der Waals surface area contributed by atoms with Crippen LogP contribution in [0.1, 0.15) is 6.42 Å². The average molecular weight is 277 g/mol. The highest BCUT2D eigenvalue weighted by molar-refractivity contribution is 8.00. The van der Waals surface area contributed by atoms with Crippen molar-refractivity contribution in [1.29, 1.82) is 0 Å². The van der Waals surface area contributed by atoms with Gasteiger partial charge >= 0.3 is 0 Å². The van der Waals surface area contributed by atoms with E-state index in [-0.39, 0.29) is 10.6 Å². The predicted octanol–water partition coefficient (Wildman–Crippen LogP) is 2.97. The molecule has 2 unspecified atom stereocenters. The van der Waals surface area contributed by atoms with Crippen LogP contribution in [0, 0.1) is 33.8 Å². The molecule has 0 saturated heterocycles. The number of hydrogen-bond donors (Lipinski definition) is 0. The fraction of sp³-hybridized carbons (Fsp3) is 0.571. The molecule has 4 fully saturated rings. The number of para-hydroxylation sites is 1. The minimum absolute atomic E-state index is 0.239. The molecule has 19 heavy (non-hydrogen) atoms. The highest BCUT2D eigenvalue weighted by atomic mass is 32.2. The molecular weight excluding hydrogens is 262 g/mol. The normalized spacial score (nSPS) is 41.5. The standard InChI is InChI=1S/C14H15NO3S/c1-18-13-8-6-7-11(13)12(7)14(8)19-10-5-3-2-4-9(10)15(16)17/h2-5,7-8,11-14H,6H2,1H3/t7-,8+,11?,12?,13+,14+/m1/s1. The molecule has 0 amide bonds. The smallest absolute Gasteiger partial charge is 0.282 e. The van der Waals surface area contributed by atoms with Crippen LogP contribution in [0.4, 0.5) is 5.69 Å². The Hall–Kier alpha value is -1.07. The zero-order valence-electron chi connectivity index (χ0n) is 10.6. The zero-order valence-corrected chi connectivity index (χ0v) is 11.4. The molecule has 0 N–H and O–H groups in total. The highest BCUT2D eigenvalue weighted by Gasteiger charge is 2.74. The molecule has 4 aliphatic rings. The van der Waals surface area contributed by atoms with E-state index >= 15 is 0 Å². The van der Waals surface area contributed by atoms with Crippen LogP contribution in [-0.4, -0.2) is 23.4 Å². The van der Waals surface area contributed by atoms with E-state index in [0.717, 1.165) is 22.6 Å². The summed E-state index contributed by atoms with van der Waals surface area (Å²) in [7, 11) is 1.80. The van der Waals surface area contributed by atoms with E-state index in [9.17, 15) is 10.1 Å². The Kier molecular flexibility index (Phi) is 2.45. The molecule has 0 aromatic heterocycles. The van der Waals surface area contributed by atoms with Crippen LogP contribution < -0.4 is 0 Å². The first-order chi connectivity index (χ1) is 9.22. The van der Waals surface area contributed by atoms with Crippen LogP contribution in [0.15, 0.2) is 29.2 Å². The van der Waals surface area contributed by atoms with Crippen molar-refractivity contribution < 1.29 is 9.66 Å². The van der Waals surface area contributed by atoms with Gasteiger partial charge in [0.25, 0.3) is 5.69 Å². The number of benzene rings is 1. The third kappa shape index (κ3) is 1.51. The van der Waals surface area contributed by atoms with Crippen LogP contribution in [-0.2, 0) is 4.74 Å². The number of nitro groups is 1. The van der Waals surface area contributed by atoms with Crippen molar-refractivity contribution in [2.75, 3.05) is 7.11 Å². The molecule has 4 nitrogen and oxygen atoms in total. The first-order valence-corrected chi connectivity index (χ1v) is 7.53. The molecule has 5 heteroatoms. The van der Waals surface area contributed by atoms with Crippen molar-refractivity contribution in [3.8, 4) is 0 Å². The number of thioether (sulfide) groups is 1. The van der Waals surface area contributed by atoms with Gasteiger partial charge in [-0.2, -0.15) is 0 Å². The number of hydrogen-bond acceptors (Lipinski definition) is 4. The molecule has 6 atom stereocenters. The topological polar surface area (TPSA) is 52.4 Å². The predicted molar refractivity (Wildman–Crippen MR) is 72.1 cm³/mol. The lowest BCUT2D eigenvalue weighted by Gasteiger charge is -2.18. The average Bonchev–Trinajstić information content (AvgIpc) is 2.72. The fourth-order valence-corrected chi connectivity index (χ4v) is 6.06. The van der Waals surface area contributed by atoms with E-state index in [2.05, 4.69) is 0 Å². The first-order valence-electron chi connectivity index (χ1n) is 6.65. The summed E-state index contributed by atoms with van der Waals surface area (Å²) < 4.78 is 5.62. The fourth-order valence-electron chi connectivity index (χ4n) is 4.36. The van der Waals surface area contributed by atoms with E-state index in [0.29, 0.717) is 17.3 Å². The molecule has 4 saturated carbocycles. The number of rotatable bonds is 4. The third-order valence-corrected chi connectivity index (χ3v) is 6.57. The molecule has 0 spiro atoms. The van der Waals surface area contributed by atoms with E-state index in [1.807, 2.05) is 12.1 Å². The Bertz CT molecular complexity index is 549. The molecule has 0 radical (unpaired) electrons. The van der Waals surface area contributed by atoms with Crippen LogP contribution >= 0.6 is 11.8 Å². The second-order valence-electron chi connectivity index (χ2n) is 5.73. The largest absolute Gasteiger partial charge is 0.381 e. The lowest BCUT2D eigenvalue weighted by atomic mass is 10.1. The van der Waals surface area contributed by atoms with Crippen molar-refractivity contribution in [3.63, 3.8) is 0 Å².